The van der Waals surface area contributed by atoms with Crippen molar-refractivity contribution >= 4 is 0 Å². The van der Waals surface area contributed by atoms with Crippen LogP contribution in [0.1, 0.15) is 30.9 Å². The molecule has 0 amide bonds. The highest BCUT2D eigenvalue weighted by Crippen LogP contribution is 2.23. The Morgan fingerprint density at radius 1 is 1.27 bits per heavy atom. The summed E-state index contributed by atoms with van der Waals surface area (Å²) < 4.78 is 0. The van der Waals surface area contributed by atoms with Crippen LogP contribution in [-0.2, 0) is 0 Å². The second kappa shape index (κ2) is 3.85. The molecule has 1 heterocycles. The average Bonchev–Trinajstić information content (AvgIpc) is 2.70. The largest absolute Gasteiger partial charge is 0.265 e. The molecule has 0 spiro atoms. The lowest BCUT2D eigenvalue weighted by atomic mass is 9.98. The lowest BCUT2D eigenvalue weighted by Gasteiger charge is -2.08. The molecule has 78 valence electrons. The lowest BCUT2D eigenvalue weighted by molar-refractivity contribution is 0.865. The number of aromatic amines is 1. The Morgan fingerprint density at radius 3 is 2.60 bits per heavy atom. The fraction of sp³-hybridized carbons (Fsp3) is 0.333. The molecule has 2 aromatic rings. The highest BCUT2D eigenvalue weighted by atomic mass is 15.2. The van der Waals surface area contributed by atoms with Gasteiger partial charge in [0.2, 0.25) is 0 Å². The summed E-state index contributed by atoms with van der Waals surface area (Å²) in [6.07, 6.45) is 1.60. The zero-order valence-electron chi connectivity index (χ0n) is 9.28. The first-order chi connectivity index (χ1) is 7.18. The highest BCUT2D eigenvalue weighted by Gasteiger charge is 2.07. The molecule has 0 aliphatic rings. The van der Waals surface area contributed by atoms with E-state index in [1.54, 1.807) is 6.33 Å². The SMILES string of the molecule is Cc1cc(C(C)C)ccc1-c1nc[nH]n1. The third kappa shape index (κ3) is 1.91. The Bertz CT molecular complexity index is 444. The number of nitrogens with one attached hydrogen (secondary N) is 1. The van der Waals surface area contributed by atoms with Crippen molar-refractivity contribution in [2.45, 2.75) is 26.7 Å². The van der Waals surface area contributed by atoms with Gasteiger partial charge in [0, 0.05) is 5.56 Å². The van der Waals surface area contributed by atoms with Crippen LogP contribution in [0.25, 0.3) is 11.4 Å². The average molecular weight is 201 g/mol. The van der Waals surface area contributed by atoms with Crippen LogP contribution < -0.4 is 0 Å². The van der Waals surface area contributed by atoms with Gasteiger partial charge in [-0.15, -0.1) is 0 Å². The molecule has 0 aliphatic heterocycles. The molecule has 0 radical (unpaired) electrons. The quantitative estimate of drug-likeness (QED) is 0.811. The maximum Gasteiger partial charge on any atom is 0.181 e. The van der Waals surface area contributed by atoms with Gasteiger partial charge in [0.15, 0.2) is 5.82 Å². The standard InChI is InChI=1S/C12H15N3/c1-8(2)10-4-5-11(9(3)6-10)12-13-7-14-15-12/h4-8H,1-3H3,(H,13,14,15). The summed E-state index contributed by atoms with van der Waals surface area (Å²) in [5.74, 6) is 1.33. The molecule has 0 saturated carbocycles. The number of nitrogens with zero attached hydrogens (tertiary/aromatic N) is 2. The first-order valence-corrected chi connectivity index (χ1v) is 5.15. The third-order valence-electron chi connectivity index (χ3n) is 2.57. The summed E-state index contributed by atoms with van der Waals surface area (Å²) in [4.78, 5) is 4.16. The topological polar surface area (TPSA) is 41.6 Å². The van der Waals surface area contributed by atoms with E-state index in [1.165, 1.54) is 11.1 Å². The molecule has 0 fully saturated rings. The molecule has 0 unspecified atom stereocenters. The molecule has 0 aliphatic carbocycles. The van der Waals surface area contributed by atoms with Gasteiger partial charge in [-0.05, 0) is 24.0 Å². The Hall–Kier alpha value is -1.64. The molecular formula is C12H15N3. The van der Waals surface area contributed by atoms with Gasteiger partial charge in [-0.1, -0.05) is 32.0 Å². The third-order valence-corrected chi connectivity index (χ3v) is 2.57. The predicted molar refractivity (Wildman–Crippen MR) is 60.6 cm³/mol. The van der Waals surface area contributed by atoms with Crippen molar-refractivity contribution in [3.63, 3.8) is 0 Å². The molecule has 0 saturated heterocycles. The minimum Gasteiger partial charge on any atom is -0.265 e. The molecule has 2 rings (SSSR count). The number of H-pyrrole nitrogens is 1. The van der Waals surface area contributed by atoms with Crippen LogP contribution in [0.5, 0.6) is 0 Å². The number of hydrogen-bond acceptors (Lipinski definition) is 2. The Morgan fingerprint density at radius 2 is 2.07 bits per heavy atom. The number of hydrogen-bond donors (Lipinski definition) is 1. The van der Waals surface area contributed by atoms with Crippen LogP contribution in [-0.4, -0.2) is 15.2 Å². The summed E-state index contributed by atoms with van der Waals surface area (Å²) in [6, 6.07) is 6.44. The van der Waals surface area contributed by atoms with Gasteiger partial charge in [-0.3, -0.25) is 5.10 Å². The van der Waals surface area contributed by atoms with Gasteiger partial charge in [0.25, 0.3) is 0 Å². The van der Waals surface area contributed by atoms with Gasteiger partial charge in [-0.25, -0.2) is 4.98 Å². The van der Waals surface area contributed by atoms with Gasteiger partial charge in [-0.2, -0.15) is 5.10 Å². The maximum absolute atomic E-state index is 4.16. The fourth-order valence-corrected chi connectivity index (χ4v) is 1.64. The minimum absolute atomic E-state index is 0.560. The molecular weight excluding hydrogens is 186 g/mol. The van der Waals surface area contributed by atoms with E-state index >= 15 is 0 Å². The van der Waals surface area contributed by atoms with Crippen molar-refractivity contribution in [3.8, 4) is 11.4 Å². The van der Waals surface area contributed by atoms with Crippen molar-refractivity contribution < 1.29 is 0 Å². The van der Waals surface area contributed by atoms with E-state index in [4.69, 9.17) is 0 Å². The zero-order valence-corrected chi connectivity index (χ0v) is 9.28. The van der Waals surface area contributed by atoms with Crippen LogP contribution >= 0.6 is 0 Å². The molecule has 0 atom stereocenters. The summed E-state index contributed by atoms with van der Waals surface area (Å²) in [7, 11) is 0. The molecule has 3 heteroatoms. The monoisotopic (exact) mass is 201 g/mol. The second-order valence-corrected chi connectivity index (χ2v) is 4.05. The smallest absolute Gasteiger partial charge is 0.181 e. The second-order valence-electron chi connectivity index (χ2n) is 4.05. The maximum atomic E-state index is 4.16. The molecule has 1 aromatic carbocycles. The van der Waals surface area contributed by atoms with Crippen molar-refractivity contribution in [1.82, 2.24) is 15.2 Å². The normalized spacial score (nSPS) is 10.9. The van der Waals surface area contributed by atoms with Crippen molar-refractivity contribution in [2.75, 3.05) is 0 Å². The Balaban J connectivity index is 2.44. The van der Waals surface area contributed by atoms with Crippen LogP contribution in [0.2, 0.25) is 0 Å². The van der Waals surface area contributed by atoms with Crippen LogP contribution in [0, 0.1) is 6.92 Å². The molecule has 15 heavy (non-hydrogen) atoms. The number of aromatic nitrogens is 3. The van der Waals surface area contributed by atoms with E-state index in [9.17, 15) is 0 Å². The van der Waals surface area contributed by atoms with Crippen LogP contribution in [0.4, 0.5) is 0 Å². The van der Waals surface area contributed by atoms with Crippen LogP contribution in [0.3, 0.4) is 0 Å². The zero-order chi connectivity index (χ0) is 10.8. The van der Waals surface area contributed by atoms with E-state index in [0.29, 0.717) is 5.92 Å². The summed E-state index contributed by atoms with van der Waals surface area (Å²) in [5, 5.41) is 6.82. The first kappa shape index (κ1) is 9.90. The van der Waals surface area contributed by atoms with Gasteiger partial charge >= 0.3 is 0 Å². The number of benzene rings is 1. The molecule has 0 bridgehead atoms. The summed E-state index contributed by atoms with van der Waals surface area (Å²) in [6.45, 7) is 6.49. The number of aryl methyl sites for hydroxylation is 1. The van der Waals surface area contributed by atoms with Gasteiger partial charge in [0.1, 0.15) is 6.33 Å². The predicted octanol–water partition coefficient (Wildman–Crippen LogP) is 2.90. The fourth-order valence-electron chi connectivity index (χ4n) is 1.64. The van der Waals surface area contributed by atoms with Gasteiger partial charge < -0.3 is 0 Å². The molecule has 1 N–H and O–H groups in total. The van der Waals surface area contributed by atoms with Crippen LogP contribution in [0.15, 0.2) is 24.5 Å². The lowest BCUT2D eigenvalue weighted by Crippen LogP contribution is -1.91. The summed E-state index contributed by atoms with van der Waals surface area (Å²) in [5.41, 5.74) is 3.67. The number of rotatable bonds is 2. The van der Waals surface area contributed by atoms with E-state index in [2.05, 4.69) is 54.2 Å². The minimum atomic E-state index is 0.560. The Kier molecular flexibility index (Phi) is 2.54. The van der Waals surface area contributed by atoms with E-state index in [-0.39, 0.29) is 0 Å². The van der Waals surface area contributed by atoms with E-state index < -0.39 is 0 Å². The molecule has 1 aromatic heterocycles. The van der Waals surface area contributed by atoms with E-state index in [1.807, 2.05) is 0 Å². The Labute approximate surface area is 89.6 Å². The van der Waals surface area contributed by atoms with Crippen molar-refractivity contribution in [1.29, 1.82) is 0 Å². The summed E-state index contributed by atoms with van der Waals surface area (Å²) >= 11 is 0. The van der Waals surface area contributed by atoms with Crippen molar-refractivity contribution in [3.05, 3.63) is 35.7 Å². The van der Waals surface area contributed by atoms with Crippen molar-refractivity contribution in [2.24, 2.45) is 0 Å². The molecule has 3 nitrogen and oxygen atoms in total. The highest BCUT2D eigenvalue weighted by molar-refractivity contribution is 5.60. The van der Waals surface area contributed by atoms with E-state index in [0.717, 1.165) is 11.4 Å². The van der Waals surface area contributed by atoms with Gasteiger partial charge in [0.05, 0.1) is 0 Å². The first-order valence-electron chi connectivity index (χ1n) is 5.15.